The molecule has 0 N–H and O–H groups in total. The smallest absolute Gasteiger partial charge is 0.548 e. The summed E-state index contributed by atoms with van der Waals surface area (Å²) >= 11 is 0. The molecule has 0 aromatic heterocycles. The van der Waals surface area contributed by atoms with Crippen molar-refractivity contribution >= 4 is 23.8 Å². The Kier molecular flexibility index (Phi) is 39.2. The minimum Gasteiger partial charge on any atom is -0.548 e. The molecule has 0 saturated heterocycles. The largest absolute Gasteiger partial charge is 1.00 e. The molecular formula is C34H62N2Na2O6. The van der Waals surface area contributed by atoms with Gasteiger partial charge >= 0.3 is 59.1 Å². The van der Waals surface area contributed by atoms with Gasteiger partial charge in [0.1, 0.15) is 0 Å². The predicted molar refractivity (Wildman–Crippen MR) is 165 cm³/mol. The SMILES string of the molecule is CCCCCCCCCCCCCC(=O)N(CCN(CC(=O)[O-])C(=O)CCCCCCCCCCCCC)CC(=O)[O-].[Na+].[Na+]. The molecule has 44 heavy (non-hydrogen) atoms. The van der Waals surface area contributed by atoms with E-state index in [1.165, 1.54) is 99.7 Å². The molecule has 2 amide bonds. The van der Waals surface area contributed by atoms with Crippen LogP contribution in [0.3, 0.4) is 0 Å². The number of carbonyl (C=O) groups excluding carboxylic acids is 4. The Bertz CT molecular complexity index is 653. The fourth-order valence-corrected chi connectivity index (χ4v) is 5.33. The number of nitrogens with zero attached hydrogens (tertiary/aromatic N) is 2. The van der Waals surface area contributed by atoms with Gasteiger partial charge in [0.25, 0.3) is 0 Å². The first kappa shape index (κ1) is 48.3. The zero-order valence-corrected chi connectivity index (χ0v) is 33.1. The average Bonchev–Trinajstić information content (AvgIpc) is 2.95. The third kappa shape index (κ3) is 31.8. The van der Waals surface area contributed by atoms with Crippen molar-refractivity contribution in [3.63, 3.8) is 0 Å². The van der Waals surface area contributed by atoms with Crippen molar-refractivity contribution in [3.8, 4) is 0 Å². The summed E-state index contributed by atoms with van der Waals surface area (Å²) in [4.78, 5) is 50.3. The fourth-order valence-electron chi connectivity index (χ4n) is 5.33. The van der Waals surface area contributed by atoms with Gasteiger partial charge in [-0.1, -0.05) is 142 Å². The third-order valence-electron chi connectivity index (χ3n) is 7.97. The molecule has 0 rings (SSSR count). The van der Waals surface area contributed by atoms with Crippen molar-refractivity contribution in [1.29, 1.82) is 0 Å². The van der Waals surface area contributed by atoms with E-state index in [0.717, 1.165) is 38.5 Å². The van der Waals surface area contributed by atoms with Crippen LogP contribution in [-0.2, 0) is 19.2 Å². The number of carbonyl (C=O) groups is 4. The number of hydrogen-bond donors (Lipinski definition) is 0. The van der Waals surface area contributed by atoms with Crippen molar-refractivity contribution in [1.82, 2.24) is 9.80 Å². The summed E-state index contributed by atoms with van der Waals surface area (Å²) in [5.74, 6) is -3.36. The first-order valence-electron chi connectivity index (χ1n) is 17.3. The van der Waals surface area contributed by atoms with Crippen LogP contribution in [0.2, 0.25) is 0 Å². The molecule has 0 heterocycles. The topological polar surface area (TPSA) is 121 Å². The van der Waals surface area contributed by atoms with Gasteiger partial charge in [0.2, 0.25) is 11.8 Å². The number of amides is 2. The van der Waals surface area contributed by atoms with E-state index in [9.17, 15) is 29.4 Å². The minimum atomic E-state index is -1.37. The molecular weight excluding hydrogens is 578 g/mol. The molecule has 0 aromatic rings. The van der Waals surface area contributed by atoms with Gasteiger partial charge in [-0.05, 0) is 12.8 Å². The molecule has 0 aliphatic heterocycles. The van der Waals surface area contributed by atoms with E-state index in [-0.39, 0.29) is 96.9 Å². The summed E-state index contributed by atoms with van der Waals surface area (Å²) in [7, 11) is 0. The standard InChI is InChI=1S/C34H64N2O6.2Na/c1-3-5-7-9-11-13-15-17-19-21-23-25-31(37)35(29-33(39)40)27-28-36(30-34(41)42)32(38)26-24-22-20-18-16-14-12-10-8-6-4-2;;/h3-30H2,1-2H3,(H,39,40)(H,41,42);;/q;2*+1/p-2. The molecule has 10 heteroatoms. The quantitative estimate of drug-likeness (QED) is 0.0749. The van der Waals surface area contributed by atoms with Crippen LogP contribution in [-0.4, -0.2) is 59.7 Å². The molecule has 246 valence electrons. The van der Waals surface area contributed by atoms with Crippen LogP contribution >= 0.6 is 0 Å². The molecule has 8 nitrogen and oxygen atoms in total. The second-order valence-corrected chi connectivity index (χ2v) is 11.9. The van der Waals surface area contributed by atoms with Crippen LogP contribution in [0.4, 0.5) is 0 Å². The van der Waals surface area contributed by atoms with Gasteiger partial charge in [0.05, 0.1) is 25.0 Å². The van der Waals surface area contributed by atoms with Gasteiger partial charge in [-0.2, -0.15) is 0 Å². The Morgan fingerprint density at radius 1 is 0.409 bits per heavy atom. The van der Waals surface area contributed by atoms with Crippen molar-refractivity contribution in [2.24, 2.45) is 0 Å². The molecule has 0 spiro atoms. The summed E-state index contributed by atoms with van der Waals surface area (Å²) in [6.45, 7) is 3.22. The van der Waals surface area contributed by atoms with Crippen molar-refractivity contribution in [2.75, 3.05) is 26.2 Å². The van der Waals surface area contributed by atoms with Crippen molar-refractivity contribution < 1.29 is 88.5 Å². The molecule has 0 bridgehead atoms. The van der Waals surface area contributed by atoms with Gasteiger partial charge in [0.15, 0.2) is 0 Å². The summed E-state index contributed by atoms with van der Waals surface area (Å²) in [5, 5.41) is 22.5. The van der Waals surface area contributed by atoms with Crippen LogP contribution in [0, 0.1) is 0 Å². The van der Waals surface area contributed by atoms with Gasteiger partial charge in [-0.25, -0.2) is 0 Å². The van der Waals surface area contributed by atoms with E-state index in [0.29, 0.717) is 12.8 Å². The number of carboxylic acids is 2. The molecule has 0 fully saturated rings. The van der Waals surface area contributed by atoms with E-state index >= 15 is 0 Å². The maximum Gasteiger partial charge on any atom is 1.00 e. The second kappa shape index (κ2) is 35.7. The van der Waals surface area contributed by atoms with Crippen LogP contribution in [0.25, 0.3) is 0 Å². The predicted octanol–water partition coefficient (Wildman–Crippen LogP) is -0.446. The minimum absolute atomic E-state index is 0. The third-order valence-corrected chi connectivity index (χ3v) is 7.97. The summed E-state index contributed by atoms with van der Waals surface area (Å²) < 4.78 is 0. The molecule has 0 aliphatic rings. The number of hydrogen-bond acceptors (Lipinski definition) is 6. The second-order valence-electron chi connectivity index (χ2n) is 11.9. The first-order valence-corrected chi connectivity index (χ1v) is 17.3. The molecule has 0 saturated carbocycles. The maximum absolute atomic E-state index is 12.7. The monoisotopic (exact) mass is 640 g/mol. The Labute approximate surface area is 313 Å². The van der Waals surface area contributed by atoms with Crippen LogP contribution in [0.15, 0.2) is 0 Å². The number of unbranched alkanes of at least 4 members (excludes halogenated alkanes) is 20. The Morgan fingerprint density at radius 3 is 0.864 bits per heavy atom. The van der Waals surface area contributed by atoms with Gasteiger partial charge in [0, 0.05) is 25.9 Å². The van der Waals surface area contributed by atoms with E-state index < -0.39 is 25.0 Å². The van der Waals surface area contributed by atoms with Crippen molar-refractivity contribution in [2.45, 2.75) is 168 Å². The zero-order valence-electron chi connectivity index (χ0n) is 29.1. The van der Waals surface area contributed by atoms with E-state index in [1.54, 1.807) is 0 Å². The molecule has 0 unspecified atom stereocenters. The summed E-state index contributed by atoms with van der Waals surface area (Å²) in [6.07, 6.45) is 25.9. The summed E-state index contributed by atoms with van der Waals surface area (Å²) in [5.41, 5.74) is 0. The molecule has 0 atom stereocenters. The average molecular weight is 641 g/mol. The number of carboxylic acid groups (broad SMARTS) is 2. The molecule has 0 radical (unpaired) electrons. The van der Waals surface area contributed by atoms with Gasteiger partial charge in [-0.15, -0.1) is 0 Å². The Balaban J connectivity index is -0.00000840. The van der Waals surface area contributed by atoms with Crippen LogP contribution < -0.4 is 69.3 Å². The maximum atomic E-state index is 12.7. The molecule has 0 aromatic carbocycles. The van der Waals surface area contributed by atoms with Crippen LogP contribution in [0.5, 0.6) is 0 Å². The van der Waals surface area contributed by atoms with E-state index in [4.69, 9.17) is 0 Å². The summed E-state index contributed by atoms with van der Waals surface area (Å²) in [6, 6.07) is 0. The first-order chi connectivity index (χ1) is 20.3. The Morgan fingerprint density at radius 2 is 0.636 bits per heavy atom. The number of aliphatic carboxylic acids is 2. The zero-order chi connectivity index (χ0) is 31.3. The van der Waals surface area contributed by atoms with Gasteiger partial charge < -0.3 is 29.6 Å². The van der Waals surface area contributed by atoms with Gasteiger partial charge in [-0.3, -0.25) is 9.59 Å². The molecule has 0 aliphatic carbocycles. The van der Waals surface area contributed by atoms with E-state index in [1.807, 2.05) is 0 Å². The van der Waals surface area contributed by atoms with Crippen molar-refractivity contribution in [3.05, 3.63) is 0 Å². The van der Waals surface area contributed by atoms with Crippen LogP contribution in [0.1, 0.15) is 168 Å². The Hall–Kier alpha value is -0.120. The normalized spacial score (nSPS) is 10.5. The van der Waals surface area contributed by atoms with E-state index in [2.05, 4.69) is 13.8 Å². The number of rotatable bonds is 31. The fraction of sp³-hybridized carbons (Fsp3) is 0.882.